The van der Waals surface area contributed by atoms with Crippen LogP contribution < -0.4 is 10.1 Å². The fraction of sp³-hybridized carbons (Fsp3) is 0.667. The molecule has 0 amide bonds. The Morgan fingerprint density at radius 3 is 2.61 bits per heavy atom. The number of nitrogens with zero attached hydrogens (tertiary/aromatic N) is 1. The third-order valence-electron chi connectivity index (χ3n) is 2.64. The second-order valence-corrected chi connectivity index (χ2v) is 5.63. The number of rotatable bonds is 6. The van der Waals surface area contributed by atoms with E-state index in [-0.39, 0.29) is 5.54 Å². The Morgan fingerprint density at radius 2 is 2.00 bits per heavy atom. The molecule has 1 N–H and O–H groups in total. The first-order valence-electron chi connectivity index (χ1n) is 6.76. The Labute approximate surface area is 111 Å². The minimum Gasteiger partial charge on any atom is -0.492 e. The van der Waals surface area contributed by atoms with Gasteiger partial charge in [0.25, 0.3) is 0 Å². The van der Waals surface area contributed by atoms with Gasteiger partial charge in [-0.15, -0.1) is 0 Å². The molecule has 0 spiro atoms. The maximum absolute atomic E-state index is 5.80. The van der Waals surface area contributed by atoms with Gasteiger partial charge in [-0.1, -0.05) is 6.92 Å². The highest BCUT2D eigenvalue weighted by Gasteiger charge is 2.08. The lowest BCUT2D eigenvalue weighted by Gasteiger charge is -2.20. The standard InChI is InChI=1S/C15H26N2O/c1-6-13-14(9-8-12(2)17-13)18-11-7-10-16-15(3,4)5/h8-9,16H,6-7,10-11H2,1-5H3. The van der Waals surface area contributed by atoms with Crippen molar-refractivity contribution in [3.05, 3.63) is 23.5 Å². The second-order valence-electron chi connectivity index (χ2n) is 5.63. The van der Waals surface area contributed by atoms with Crippen LogP contribution in [0.1, 0.15) is 45.5 Å². The van der Waals surface area contributed by atoms with Gasteiger partial charge in [0.1, 0.15) is 5.75 Å². The Bertz CT molecular complexity index is 369. The molecular formula is C15H26N2O. The molecule has 3 heteroatoms. The van der Waals surface area contributed by atoms with E-state index < -0.39 is 0 Å². The van der Waals surface area contributed by atoms with Crippen LogP contribution in [0.5, 0.6) is 5.75 Å². The van der Waals surface area contributed by atoms with Crippen molar-refractivity contribution >= 4 is 0 Å². The van der Waals surface area contributed by atoms with Crippen LogP contribution >= 0.6 is 0 Å². The molecule has 0 aromatic carbocycles. The Morgan fingerprint density at radius 1 is 1.28 bits per heavy atom. The summed E-state index contributed by atoms with van der Waals surface area (Å²) in [5, 5.41) is 3.45. The van der Waals surface area contributed by atoms with Gasteiger partial charge in [0, 0.05) is 11.2 Å². The first kappa shape index (κ1) is 15.0. The van der Waals surface area contributed by atoms with Crippen LogP contribution in [0, 0.1) is 6.92 Å². The van der Waals surface area contributed by atoms with Crippen LogP contribution in [0.15, 0.2) is 12.1 Å². The van der Waals surface area contributed by atoms with E-state index in [0.717, 1.165) is 43.1 Å². The molecule has 0 saturated carbocycles. The summed E-state index contributed by atoms with van der Waals surface area (Å²) in [7, 11) is 0. The van der Waals surface area contributed by atoms with E-state index in [2.05, 4.69) is 38.0 Å². The zero-order valence-electron chi connectivity index (χ0n) is 12.3. The summed E-state index contributed by atoms with van der Waals surface area (Å²) in [4.78, 5) is 4.49. The van der Waals surface area contributed by atoms with Gasteiger partial charge in [-0.05, 0) is 59.2 Å². The second kappa shape index (κ2) is 6.74. The molecule has 0 aliphatic carbocycles. The molecular weight excluding hydrogens is 224 g/mol. The van der Waals surface area contributed by atoms with Gasteiger partial charge in [0.15, 0.2) is 0 Å². The van der Waals surface area contributed by atoms with Gasteiger partial charge >= 0.3 is 0 Å². The summed E-state index contributed by atoms with van der Waals surface area (Å²) in [6.45, 7) is 12.4. The quantitative estimate of drug-likeness (QED) is 0.788. The number of aryl methyl sites for hydroxylation is 2. The summed E-state index contributed by atoms with van der Waals surface area (Å²) in [5.74, 6) is 0.929. The van der Waals surface area contributed by atoms with E-state index in [9.17, 15) is 0 Å². The summed E-state index contributed by atoms with van der Waals surface area (Å²) in [6.07, 6.45) is 1.92. The normalized spacial score (nSPS) is 11.6. The third kappa shape index (κ3) is 5.50. The summed E-state index contributed by atoms with van der Waals surface area (Å²) < 4.78 is 5.80. The molecule has 0 atom stereocenters. The molecule has 1 aromatic heterocycles. The van der Waals surface area contributed by atoms with Gasteiger partial charge in [0.05, 0.1) is 12.3 Å². The van der Waals surface area contributed by atoms with Gasteiger partial charge in [-0.25, -0.2) is 0 Å². The van der Waals surface area contributed by atoms with Crippen LogP contribution in [0.4, 0.5) is 0 Å². The van der Waals surface area contributed by atoms with Gasteiger partial charge in [-0.3, -0.25) is 4.98 Å². The number of nitrogens with one attached hydrogen (secondary N) is 1. The minimum absolute atomic E-state index is 0.181. The fourth-order valence-electron chi connectivity index (χ4n) is 1.70. The number of ether oxygens (including phenoxy) is 1. The summed E-state index contributed by atoms with van der Waals surface area (Å²) >= 11 is 0. The van der Waals surface area contributed by atoms with E-state index in [4.69, 9.17) is 4.74 Å². The van der Waals surface area contributed by atoms with Crippen molar-refractivity contribution in [3.8, 4) is 5.75 Å². The molecule has 1 heterocycles. The maximum atomic E-state index is 5.80. The van der Waals surface area contributed by atoms with E-state index >= 15 is 0 Å². The first-order valence-corrected chi connectivity index (χ1v) is 6.76. The van der Waals surface area contributed by atoms with Crippen LogP contribution in [0.25, 0.3) is 0 Å². The van der Waals surface area contributed by atoms with Crippen LogP contribution in [0.2, 0.25) is 0 Å². The third-order valence-corrected chi connectivity index (χ3v) is 2.64. The van der Waals surface area contributed by atoms with Crippen molar-refractivity contribution in [2.75, 3.05) is 13.2 Å². The average molecular weight is 250 g/mol. The van der Waals surface area contributed by atoms with E-state index in [0.29, 0.717) is 0 Å². The Hall–Kier alpha value is -1.09. The zero-order valence-corrected chi connectivity index (χ0v) is 12.3. The lowest BCUT2D eigenvalue weighted by atomic mass is 10.1. The minimum atomic E-state index is 0.181. The van der Waals surface area contributed by atoms with Crippen molar-refractivity contribution < 1.29 is 4.74 Å². The molecule has 0 aliphatic heterocycles. The van der Waals surface area contributed by atoms with E-state index in [1.807, 2.05) is 19.1 Å². The molecule has 3 nitrogen and oxygen atoms in total. The fourth-order valence-corrected chi connectivity index (χ4v) is 1.70. The molecule has 0 bridgehead atoms. The van der Waals surface area contributed by atoms with Crippen LogP contribution in [0.3, 0.4) is 0 Å². The molecule has 0 aliphatic rings. The van der Waals surface area contributed by atoms with E-state index in [1.54, 1.807) is 0 Å². The van der Waals surface area contributed by atoms with Gasteiger partial charge in [-0.2, -0.15) is 0 Å². The predicted molar refractivity (Wildman–Crippen MR) is 76.2 cm³/mol. The molecule has 0 unspecified atom stereocenters. The van der Waals surface area contributed by atoms with Crippen LogP contribution in [-0.4, -0.2) is 23.7 Å². The van der Waals surface area contributed by atoms with Crippen molar-refractivity contribution in [3.63, 3.8) is 0 Å². The molecule has 0 radical (unpaired) electrons. The number of pyridine rings is 1. The summed E-state index contributed by atoms with van der Waals surface area (Å²) in [5.41, 5.74) is 2.28. The highest BCUT2D eigenvalue weighted by molar-refractivity contribution is 5.29. The van der Waals surface area contributed by atoms with Crippen molar-refractivity contribution in [1.29, 1.82) is 0 Å². The van der Waals surface area contributed by atoms with Gasteiger partial charge < -0.3 is 10.1 Å². The largest absolute Gasteiger partial charge is 0.492 e. The average Bonchev–Trinajstić information content (AvgIpc) is 2.28. The number of hydrogen-bond acceptors (Lipinski definition) is 3. The lowest BCUT2D eigenvalue weighted by Crippen LogP contribution is -2.36. The number of aromatic nitrogens is 1. The Balaban J connectivity index is 2.35. The van der Waals surface area contributed by atoms with Crippen molar-refractivity contribution in [2.45, 2.75) is 53.0 Å². The molecule has 102 valence electrons. The topological polar surface area (TPSA) is 34.1 Å². The summed E-state index contributed by atoms with van der Waals surface area (Å²) in [6, 6.07) is 4.03. The molecule has 0 fully saturated rings. The smallest absolute Gasteiger partial charge is 0.140 e. The van der Waals surface area contributed by atoms with Gasteiger partial charge in [0.2, 0.25) is 0 Å². The lowest BCUT2D eigenvalue weighted by molar-refractivity contribution is 0.294. The zero-order chi connectivity index (χ0) is 13.6. The van der Waals surface area contributed by atoms with Crippen LogP contribution in [-0.2, 0) is 6.42 Å². The highest BCUT2D eigenvalue weighted by atomic mass is 16.5. The van der Waals surface area contributed by atoms with Crippen molar-refractivity contribution in [1.82, 2.24) is 10.3 Å². The number of hydrogen-bond donors (Lipinski definition) is 1. The molecule has 18 heavy (non-hydrogen) atoms. The molecule has 1 rings (SSSR count). The predicted octanol–water partition coefficient (Wildman–Crippen LogP) is 3.11. The van der Waals surface area contributed by atoms with E-state index in [1.165, 1.54) is 0 Å². The molecule has 1 aromatic rings. The SMILES string of the molecule is CCc1nc(C)ccc1OCCCNC(C)(C)C. The maximum Gasteiger partial charge on any atom is 0.140 e. The Kier molecular flexibility index (Phi) is 5.60. The van der Waals surface area contributed by atoms with Crippen molar-refractivity contribution in [2.24, 2.45) is 0 Å². The molecule has 0 saturated heterocycles. The highest BCUT2D eigenvalue weighted by Crippen LogP contribution is 2.17. The first-order chi connectivity index (χ1) is 8.42. The monoisotopic (exact) mass is 250 g/mol.